The fraction of sp³-hybridized carbons (Fsp3) is 0.400. The topological polar surface area (TPSA) is 117 Å². The number of hydrogen-bond acceptors (Lipinski definition) is 7. The number of aryl methyl sites for hydroxylation is 1. The van der Waals surface area contributed by atoms with Crippen molar-refractivity contribution in [3.05, 3.63) is 53.1 Å². The Labute approximate surface area is 204 Å². The Morgan fingerprint density at radius 2 is 1.74 bits per heavy atom. The van der Waals surface area contributed by atoms with Crippen molar-refractivity contribution in [3.63, 3.8) is 0 Å². The fourth-order valence-electron chi connectivity index (χ4n) is 4.40. The lowest BCUT2D eigenvalue weighted by Gasteiger charge is -2.12. The third-order valence-corrected chi connectivity index (χ3v) is 8.62. The molecule has 1 aliphatic rings. The number of anilines is 1. The summed E-state index contributed by atoms with van der Waals surface area (Å²) in [6.45, 7) is 0.322. The first kappa shape index (κ1) is 24.7. The number of methoxy groups -OCH3 is 2. The molecule has 1 aliphatic carbocycles. The Morgan fingerprint density at radius 1 is 1.09 bits per heavy atom. The van der Waals surface area contributed by atoms with Gasteiger partial charge in [0.25, 0.3) is 5.56 Å². The molecule has 0 spiro atoms. The first-order chi connectivity index (χ1) is 16.8. The average Bonchev–Trinajstić information content (AvgIpc) is 3.41. The van der Waals surface area contributed by atoms with Gasteiger partial charge in [-0.25, -0.2) is 13.4 Å². The van der Waals surface area contributed by atoms with Crippen LogP contribution in [0, 0.1) is 0 Å². The molecule has 1 aromatic heterocycles. The summed E-state index contributed by atoms with van der Waals surface area (Å²) in [6, 6.07) is 9.57. The Morgan fingerprint density at radius 3 is 2.40 bits per heavy atom. The SMILES string of the molecule is COc1cc2ncn(CCCC(=O)Nc3ccc(S(=O)(=O)C4CCCC4)cc3)c(=O)c2cc1OC. The summed E-state index contributed by atoms with van der Waals surface area (Å²) in [6.07, 6.45) is 5.39. The van der Waals surface area contributed by atoms with E-state index in [0.29, 0.717) is 58.8 Å². The molecule has 9 nitrogen and oxygen atoms in total. The largest absolute Gasteiger partial charge is 0.493 e. The number of rotatable bonds is 9. The van der Waals surface area contributed by atoms with Crippen LogP contribution < -0.4 is 20.3 Å². The quantitative estimate of drug-likeness (QED) is 0.478. The number of carbonyl (C=O) groups is 1. The van der Waals surface area contributed by atoms with E-state index in [2.05, 4.69) is 10.3 Å². The zero-order valence-electron chi connectivity index (χ0n) is 19.8. The van der Waals surface area contributed by atoms with Gasteiger partial charge in [0.05, 0.1) is 41.6 Å². The van der Waals surface area contributed by atoms with Crippen LogP contribution in [0.5, 0.6) is 11.5 Å². The summed E-state index contributed by atoms with van der Waals surface area (Å²) in [5.41, 5.74) is 0.807. The summed E-state index contributed by atoms with van der Waals surface area (Å²) < 4.78 is 37.4. The van der Waals surface area contributed by atoms with E-state index in [9.17, 15) is 18.0 Å². The van der Waals surface area contributed by atoms with Crippen LogP contribution in [0.2, 0.25) is 0 Å². The zero-order chi connectivity index (χ0) is 25.0. The summed E-state index contributed by atoms with van der Waals surface area (Å²) in [7, 11) is -0.307. The van der Waals surface area contributed by atoms with E-state index >= 15 is 0 Å². The van der Waals surface area contributed by atoms with Gasteiger partial charge in [0.2, 0.25) is 5.91 Å². The zero-order valence-corrected chi connectivity index (χ0v) is 20.6. The molecule has 0 bridgehead atoms. The third kappa shape index (κ3) is 5.32. The van der Waals surface area contributed by atoms with E-state index in [1.807, 2.05) is 0 Å². The normalized spacial score (nSPS) is 14.2. The van der Waals surface area contributed by atoms with E-state index in [4.69, 9.17) is 9.47 Å². The predicted molar refractivity (Wildman–Crippen MR) is 133 cm³/mol. The number of hydrogen-bond donors (Lipinski definition) is 1. The molecule has 186 valence electrons. The van der Waals surface area contributed by atoms with Crippen molar-refractivity contribution >= 4 is 32.3 Å². The average molecular weight is 500 g/mol. The van der Waals surface area contributed by atoms with Gasteiger partial charge in [-0.15, -0.1) is 0 Å². The molecule has 1 amide bonds. The van der Waals surface area contributed by atoms with Gasteiger partial charge in [-0.2, -0.15) is 0 Å². The molecule has 1 saturated carbocycles. The van der Waals surface area contributed by atoms with Crippen LogP contribution in [0.1, 0.15) is 38.5 Å². The molecule has 35 heavy (non-hydrogen) atoms. The summed E-state index contributed by atoms with van der Waals surface area (Å²) in [5.74, 6) is 0.716. The van der Waals surface area contributed by atoms with Crippen molar-refractivity contribution in [3.8, 4) is 11.5 Å². The second-order valence-electron chi connectivity index (χ2n) is 8.60. The van der Waals surface area contributed by atoms with Crippen molar-refractivity contribution in [2.75, 3.05) is 19.5 Å². The maximum absolute atomic E-state index is 12.8. The number of sulfone groups is 1. The van der Waals surface area contributed by atoms with Crippen LogP contribution in [0.3, 0.4) is 0 Å². The van der Waals surface area contributed by atoms with E-state index < -0.39 is 9.84 Å². The van der Waals surface area contributed by atoms with Gasteiger partial charge in [0.1, 0.15) is 0 Å². The second-order valence-corrected chi connectivity index (χ2v) is 10.8. The monoisotopic (exact) mass is 499 g/mol. The summed E-state index contributed by atoms with van der Waals surface area (Å²) in [4.78, 5) is 29.8. The number of nitrogens with one attached hydrogen (secondary N) is 1. The van der Waals surface area contributed by atoms with E-state index in [1.165, 1.54) is 25.1 Å². The van der Waals surface area contributed by atoms with Crippen LogP contribution in [0.15, 0.2) is 52.4 Å². The van der Waals surface area contributed by atoms with Gasteiger partial charge in [-0.05, 0) is 49.6 Å². The number of fused-ring (bicyclic) bond motifs is 1. The minimum Gasteiger partial charge on any atom is -0.493 e. The Bertz CT molecular complexity index is 1380. The maximum Gasteiger partial charge on any atom is 0.261 e. The Kier molecular flexibility index (Phi) is 7.39. The summed E-state index contributed by atoms with van der Waals surface area (Å²) >= 11 is 0. The van der Waals surface area contributed by atoms with Crippen molar-refractivity contribution in [1.82, 2.24) is 9.55 Å². The van der Waals surface area contributed by atoms with Crippen LogP contribution in [-0.2, 0) is 21.2 Å². The lowest BCUT2D eigenvalue weighted by Crippen LogP contribution is -2.22. The van der Waals surface area contributed by atoms with Crippen LogP contribution in [-0.4, -0.2) is 43.3 Å². The molecule has 0 radical (unpaired) electrons. The minimum atomic E-state index is -3.32. The van der Waals surface area contributed by atoms with Gasteiger partial charge < -0.3 is 14.8 Å². The fourth-order valence-corrected chi connectivity index (χ4v) is 6.25. The highest BCUT2D eigenvalue weighted by atomic mass is 32.2. The second kappa shape index (κ2) is 10.5. The number of carbonyl (C=O) groups excluding carboxylic acids is 1. The molecule has 4 rings (SSSR count). The molecule has 1 N–H and O–H groups in total. The van der Waals surface area contributed by atoms with Crippen LogP contribution >= 0.6 is 0 Å². The molecule has 3 aromatic rings. The molecular formula is C25H29N3O6S. The van der Waals surface area contributed by atoms with Crippen molar-refractivity contribution in [2.24, 2.45) is 0 Å². The van der Waals surface area contributed by atoms with E-state index in [1.54, 1.807) is 36.4 Å². The summed E-state index contributed by atoms with van der Waals surface area (Å²) in [5, 5.41) is 2.88. The van der Waals surface area contributed by atoms with Gasteiger partial charge in [0, 0.05) is 24.7 Å². The molecule has 1 heterocycles. The molecule has 0 aliphatic heterocycles. The van der Waals surface area contributed by atoms with Crippen molar-refractivity contribution < 1.29 is 22.7 Å². The smallest absolute Gasteiger partial charge is 0.261 e. The highest BCUT2D eigenvalue weighted by molar-refractivity contribution is 7.92. The number of aromatic nitrogens is 2. The molecule has 0 saturated heterocycles. The molecule has 1 fully saturated rings. The van der Waals surface area contributed by atoms with Crippen LogP contribution in [0.25, 0.3) is 10.9 Å². The van der Waals surface area contributed by atoms with E-state index in [-0.39, 0.29) is 23.1 Å². The third-order valence-electron chi connectivity index (χ3n) is 6.34. The Balaban J connectivity index is 1.35. The maximum atomic E-state index is 12.8. The van der Waals surface area contributed by atoms with Gasteiger partial charge in [-0.3, -0.25) is 14.2 Å². The first-order valence-electron chi connectivity index (χ1n) is 11.6. The van der Waals surface area contributed by atoms with Gasteiger partial charge in [0.15, 0.2) is 21.3 Å². The van der Waals surface area contributed by atoms with Crippen molar-refractivity contribution in [2.45, 2.75) is 55.2 Å². The highest BCUT2D eigenvalue weighted by Gasteiger charge is 2.30. The highest BCUT2D eigenvalue weighted by Crippen LogP contribution is 2.31. The number of benzene rings is 2. The molecular weight excluding hydrogens is 470 g/mol. The molecule has 0 unspecified atom stereocenters. The number of nitrogens with zero attached hydrogens (tertiary/aromatic N) is 2. The molecule has 0 atom stereocenters. The lowest BCUT2D eigenvalue weighted by molar-refractivity contribution is -0.116. The standard InChI is InChI=1S/C25H29N3O6S/c1-33-22-14-20-21(15-23(22)34-2)26-16-28(25(20)30)13-5-8-24(29)27-17-9-11-19(12-10-17)35(31,32)18-6-3-4-7-18/h9-12,14-16,18H,3-8,13H2,1-2H3,(H,27,29). The van der Waals surface area contributed by atoms with Gasteiger partial charge in [-0.1, -0.05) is 12.8 Å². The lowest BCUT2D eigenvalue weighted by atomic mass is 10.2. The first-order valence-corrected chi connectivity index (χ1v) is 13.1. The van der Waals surface area contributed by atoms with Crippen LogP contribution in [0.4, 0.5) is 5.69 Å². The molecule has 10 heteroatoms. The predicted octanol–water partition coefficient (Wildman–Crippen LogP) is 3.55. The number of amides is 1. The molecule has 2 aromatic carbocycles. The Hall–Kier alpha value is -3.40. The van der Waals surface area contributed by atoms with E-state index in [0.717, 1.165) is 12.8 Å². The number of ether oxygens (including phenoxy) is 2. The van der Waals surface area contributed by atoms with Gasteiger partial charge >= 0.3 is 0 Å². The van der Waals surface area contributed by atoms with Crippen molar-refractivity contribution in [1.29, 1.82) is 0 Å². The minimum absolute atomic E-state index is 0.193.